The highest BCUT2D eigenvalue weighted by Gasteiger charge is 2.43. The topological polar surface area (TPSA) is 100 Å². The molecule has 1 atom stereocenters. The summed E-state index contributed by atoms with van der Waals surface area (Å²) in [5, 5.41) is 2.07. The van der Waals surface area contributed by atoms with Crippen molar-refractivity contribution in [3.8, 4) is 0 Å². The molecule has 212 valence electrons. The summed E-state index contributed by atoms with van der Waals surface area (Å²) in [5.74, 6) is -0.804. The molecule has 2 aromatic carbocycles. The van der Waals surface area contributed by atoms with Gasteiger partial charge in [0, 0.05) is 49.3 Å². The summed E-state index contributed by atoms with van der Waals surface area (Å²) in [6, 6.07) is 12.9. The number of halogens is 1. The zero-order chi connectivity index (χ0) is 28.4. The van der Waals surface area contributed by atoms with Crippen molar-refractivity contribution in [2.24, 2.45) is 5.92 Å². The summed E-state index contributed by atoms with van der Waals surface area (Å²) in [4.78, 5) is 34.6. The van der Waals surface area contributed by atoms with Crippen molar-refractivity contribution in [1.82, 2.24) is 14.2 Å². The van der Waals surface area contributed by atoms with Crippen LogP contribution in [0.5, 0.6) is 0 Å². The van der Waals surface area contributed by atoms with E-state index in [9.17, 15) is 18.0 Å². The van der Waals surface area contributed by atoms with Crippen molar-refractivity contribution in [2.45, 2.75) is 43.7 Å². The van der Waals surface area contributed by atoms with E-state index >= 15 is 0 Å². The van der Waals surface area contributed by atoms with E-state index in [2.05, 4.69) is 9.88 Å². The number of nitrogens with zero attached hydrogens (tertiary/aromatic N) is 4. The lowest BCUT2D eigenvalue weighted by molar-refractivity contribution is -0.162. The Hall–Kier alpha value is -3.21. The standard InChI is InChI=1S/C29H33ClN4O5S/c1-20(2)39-29(36)27-18-33(40(37,38)26-6-4-22-15-24(30)5-3-23(22)16-26)19-28(35)34(27)17-21-9-13-32(14-10-21)25-7-11-31-12-8-25/h3-8,11-12,15-16,20-21,27H,9-10,13-14,17-19H2,1-2H3. The maximum Gasteiger partial charge on any atom is 0.330 e. The molecule has 2 fully saturated rings. The van der Waals surface area contributed by atoms with Gasteiger partial charge in [-0.2, -0.15) is 4.31 Å². The van der Waals surface area contributed by atoms with E-state index in [1.807, 2.05) is 12.1 Å². The molecule has 3 aromatic rings. The second kappa shape index (κ2) is 11.7. The number of esters is 1. The van der Waals surface area contributed by atoms with Crippen LogP contribution in [0.3, 0.4) is 0 Å². The second-order valence-corrected chi connectivity index (χ2v) is 13.0. The van der Waals surface area contributed by atoms with Crippen molar-refractivity contribution in [3.63, 3.8) is 0 Å². The van der Waals surface area contributed by atoms with Gasteiger partial charge in [-0.25, -0.2) is 13.2 Å². The van der Waals surface area contributed by atoms with Gasteiger partial charge in [-0.05, 0) is 79.8 Å². The average Bonchev–Trinajstić information content (AvgIpc) is 2.94. The molecule has 40 heavy (non-hydrogen) atoms. The van der Waals surface area contributed by atoms with Crippen molar-refractivity contribution in [2.75, 3.05) is 37.6 Å². The van der Waals surface area contributed by atoms with Gasteiger partial charge in [-0.3, -0.25) is 9.78 Å². The van der Waals surface area contributed by atoms with Crippen molar-refractivity contribution in [3.05, 3.63) is 65.9 Å². The SMILES string of the molecule is CC(C)OC(=O)C1CN(S(=O)(=O)c2ccc3cc(Cl)ccc3c2)CC(=O)N1CC1CCN(c2ccncc2)CC1. The Morgan fingerprint density at radius 1 is 1.05 bits per heavy atom. The van der Waals surface area contributed by atoms with Gasteiger partial charge < -0.3 is 14.5 Å². The van der Waals surface area contributed by atoms with Crippen LogP contribution in [0.15, 0.2) is 65.8 Å². The molecular weight excluding hydrogens is 552 g/mol. The highest BCUT2D eigenvalue weighted by molar-refractivity contribution is 7.89. The zero-order valence-electron chi connectivity index (χ0n) is 22.6. The Labute approximate surface area is 239 Å². The molecule has 1 unspecified atom stereocenters. The average molecular weight is 585 g/mol. The third kappa shape index (κ3) is 6.09. The quantitative estimate of drug-likeness (QED) is 0.388. The summed E-state index contributed by atoms with van der Waals surface area (Å²) in [7, 11) is -4.05. The number of amides is 1. The molecule has 5 rings (SSSR count). The number of hydrogen-bond donors (Lipinski definition) is 0. The first-order chi connectivity index (χ1) is 19.1. The van der Waals surface area contributed by atoms with E-state index in [-0.39, 0.29) is 23.9 Å². The molecule has 2 aliphatic rings. The number of piperidine rings is 1. The lowest BCUT2D eigenvalue weighted by Crippen LogP contribution is -2.62. The van der Waals surface area contributed by atoms with Gasteiger partial charge in [0.15, 0.2) is 0 Å². The van der Waals surface area contributed by atoms with Crippen LogP contribution in [0.1, 0.15) is 26.7 Å². The predicted octanol–water partition coefficient (Wildman–Crippen LogP) is 3.96. The molecule has 2 saturated heterocycles. The lowest BCUT2D eigenvalue weighted by atomic mass is 9.94. The first-order valence-corrected chi connectivity index (χ1v) is 15.3. The molecule has 0 aliphatic carbocycles. The van der Waals surface area contributed by atoms with E-state index in [4.69, 9.17) is 16.3 Å². The highest BCUT2D eigenvalue weighted by atomic mass is 35.5. The fourth-order valence-electron chi connectivity index (χ4n) is 5.41. The van der Waals surface area contributed by atoms with Gasteiger partial charge in [-0.15, -0.1) is 0 Å². The summed E-state index contributed by atoms with van der Waals surface area (Å²) in [6.07, 6.45) is 4.84. The molecule has 0 radical (unpaired) electrons. The van der Waals surface area contributed by atoms with Crippen LogP contribution in [0, 0.1) is 5.92 Å². The lowest BCUT2D eigenvalue weighted by Gasteiger charge is -2.42. The van der Waals surface area contributed by atoms with Gasteiger partial charge in [0.25, 0.3) is 0 Å². The second-order valence-electron chi connectivity index (χ2n) is 10.6. The van der Waals surface area contributed by atoms with E-state index in [0.29, 0.717) is 17.0 Å². The van der Waals surface area contributed by atoms with E-state index in [1.165, 1.54) is 11.0 Å². The maximum absolute atomic E-state index is 13.7. The zero-order valence-corrected chi connectivity index (χ0v) is 24.1. The van der Waals surface area contributed by atoms with Gasteiger partial charge in [0.1, 0.15) is 6.04 Å². The number of hydrogen-bond acceptors (Lipinski definition) is 7. The molecule has 2 aliphatic heterocycles. The number of rotatable bonds is 7. The molecule has 0 N–H and O–H groups in total. The number of sulfonamides is 1. The van der Waals surface area contributed by atoms with E-state index in [0.717, 1.165) is 41.3 Å². The molecule has 3 heterocycles. The van der Waals surface area contributed by atoms with Crippen molar-refractivity contribution < 1.29 is 22.7 Å². The number of anilines is 1. The molecule has 11 heteroatoms. The minimum absolute atomic E-state index is 0.0584. The first kappa shape index (κ1) is 28.3. The fourth-order valence-corrected chi connectivity index (χ4v) is 7.02. The fraction of sp³-hybridized carbons (Fsp3) is 0.414. The van der Waals surface area contributed by atoms with E-state index < -0.39 is 34.0 Å². The molecule has 0 bridgehead atoms. The summed E-state index contributed by atoms with van der Waals surface area (Å²) in [5.41, 5.74) is 1.11. The van der Waals surface area contributed by atoms with Crippen LogP contribution in [0.2, 0.25) is 5.02 Å². The first-order valence-electron chi connectivity index (χ1n) is 13.5. The number of benzene rings is 2. The van der Waals surface area contributed by atoms with Gasteiger partial charge >= 0.3 is 5.97 Å². The number of carbonyl (C=O) groups excluding carboxylic acids is 2. The Balaban J connectivity index is 1.34. The monoisotopic (exact) mass is 584 g/mol. The normalized spacial score (nSPS) is 19.4. The van der Waals surface area contributed by atoms with Crippen molar-refractivity contribution >= 4 is 50.0 Å². The smallest absolute Gasteiger partial charge is 0.330 e. The minimum atomic E-state index is -4.05. The van der Waals surface area contributed by atoms with Crippen LogP contribution in [-0.4, -0.2) is 79.4 Å². The number of ether oxygens (including phenoxy) is 1. The molecule has 0 spiro atoms. The Kier molecular flexibility index (Phi) is 8.30. The molecule has 0 saturated carbocycles. The molecular formula is C29H33ClN4O5S. The largest absolute Gasteiger partial charge is 0.461 e. The van der Waals surface area contributed by atoms with Crippen molar-refractivity contribution in [1.29, 1.82) is 0 Å². The number of piperazine rings is 1. The van der Waals surface area contributed by atoms with Crippen LogP contribution in [0.4, 0.5) is 5.69 Å². The number of aromatic nitrogens is 1. The predicted molar refractivity (Wildman–Crippen MR) is 154 cm³/mol. The van der Waals surface area contributed by atoms with Gasteiger partial charge in [0.05, 0.1) is 17.5 Å². The van der Waals surface area contributed by atoms with Crippen LogP contribution >= 0.6 is 11.6 Å². The molecule has 9 nitrogen and oxygen atoms in total. The maximum atomic E-state index is 13.7. The Bertz CT molecular complexity index is 1490. The van der Waals surface area contributed by atoms with E-state index in [1.54, 1.807) is 56.6 Å². The van der Waals surface area contributed by atoms with Gasteiger partial charge in [0.2, 0.25) is 15.9 Å². The number of fused-ring (bicyclic) bond motifs is 1. The van der Waals surface area contributed by atoms with Crippen LogP contribution < -0.4 is 4.90 Å². The highest BCUT2D eigenvalue weighted by Crippen LogP contribution is 2.29. The third-order valence-corrected chi connectivity index (χ3v) is 9.56. The number of carbonyl (C=O) groups is 2. The minimum Gasteiger partial charge on any atom is -0.461 e. The molecule has 1 amide bonds. The third-order valence-electron chi connectivity index (χ3n) is 7.52. The Morgan fingerprint density at radius 2 is 1.73 bits per heavy atom. The summed E-state index contributed by atoms with van der Waals surface area (Å²) < 4.78 is 33.9. The van der Waals surface area contributed by atoms with Crippen LogP contribution in [0.25, 0.3) is 10.8 Å². The summed E-state index contributed by atoms with van der Waals surface area (Å²) in [6.45, 7) is 5.01. The van der Waals surface area contributed by atoms with Crippen LogP contribution in [-0.2, 0) is 24.3 Å². The summed E-state index contributed by atoms with van der Waals surface area (Å²) >= 11 is 6.07. The van der Waals surface area contributed by atoms with Gasteiger partial charge in [-0.1, -0.05) is 23.7 Å². The number of pyridine rings is 1. The Morgan fingerprint density at radius 3 is 2.42 bits per heavy atom. The molecule has 1 aromatic heterocycles.